The monoisotopic (exact) mass is 529 g/mol. The van der Waals surface area contributed by atoms with Gasteiger partial charge in [0.15, 0.2) is 0 Å². The van der Waals surface area contributed by atoms with E-state index >= 15 is 0 Å². The average molecular weight is 530 g/mol. The van der Waals surface area contributed by atoms with Crippen LogP contribution >= 0.6 is 0 Å². The van der Waals surface area contributed by atoms with Crippen molar-refractivity contribution < 1.29 is 26.8 Å². The molecule has 0 aliphatic rings. The van der Waals surface area contributed by atoms with Gasteiger partial charge in [0.05, 0.1) is 10.6 Å². The summed E-state index contributed by atoms with van der Waals surface area (Å²) in [7, 11) is -4.27. The summed E-state index contributed by atoms with van der Waals surface area (Å²) in [6, 6.07) is 17.0. The van der Waals surface area contributed by atoms with Crippen LogP contribution in [0, 0.1) is 11.6 Å². The minimum atomic E-state index is -4.27. The molecule has 0 saturated carbocycles. The van der Waals surface area contributed by atoms with Crippen molar-refractivity contribution in [2.24, 2.45) is 0 Å². The lowest BCUT2D eigenvalue weighted by Crippen LogP contribution is -2.52. The molecule has 0 spiro atoms. The highest BCUT2D eigenvalue weighted by Gasteiger charge is 2.33. The van der Waals surface area contributed by atoms with Gasteiger partial charge >= 0.3 is 0 Å². The van der Waals surface area contributed by atoms with Crippen LogP contribution in [-0.2, 0) is 26.2 Å². The molecular formula is C27H29F2N3O4S. The molecule has 0 fully saturated rings. The number of benzene rings is 3. The van der Waals surface area contributed by atoms with Gasteiger partial charge in [-0.3, -0.25) is 13.9 Å². The molecule has 196 valence electrons. The molecule has 0 aromatic heterocycles. The van der Waals surface area contributed by atoms with E-state index in [1.54, 1.807) is 44.2 Å². The highest BCUT2D eigenvalue weighted by Crippen LogP contribution is 2.25. The summed E-state index contributed by atoms with van der Waals surface area (Å²) in [4.78, 5) is 27.7. The zero-order valence-electron chi connectivity index (χ0n) is 20.6. The van der Waals surface area contributed by atoms with Crippen LogP contribution in [0.4, 0.5) is 14.5 Å². The number of hydrogen-bond donors (Lipinski definition) is 1. The lowest BCUT2D eigenvalue weighted by atomic mass is 10.1. The summed E-state index contributed by atoms with van der Waals surface area (Å²) < 4.78 is 55.1. The maximum atomic E-state index is 13.7. The minimum absolute atomic E-state index is 0.0338. The molecule has 2 amide bonds. The molecule has 10 heteroatoms. The number of halogens is 2. The molecule has 0 aliphatic heterocycles. The van der Waals surface area contributed by atoms with Gasteiger partial charge in [-0.1, -0.05) is 37.3 Å². The van der Waals surface area contributed by atoms with Gasteiger partial charge in [-0.05, 0) is 67.4 Å². The van der Waals surface area contributed by atoms with Crippen molar-refractivity contribution in [2.75, 3.05) is 17.4 Å². The predicted octanol–water partition coefficient (Wildman–Crippen LogP) is 4.10. The average Bonchev–Trinajstić information content (AvgIpc) is 2.89. The molecule has 0 unspecified atom stereocenters. The standard InChI is InChI=1S/C27H29F2N3O4S/c1-3-25(27(34)30-4-2)31(18-20-10-12-21(28)13-11-20)26(33)19-32(23-8-6-5-7-9-23)37(35,36)24-16-14-22(29)15-17-24/h5-17,25H,3-4,18-19H2,1-2H3,(H,30,34)/t25-/m0/s1. The van der Waals surface area contributed by atoms with Crippen LogP contribution in [0.3, 0.4) is 0 Å². The Kier molecular flexibility index (Phi) is 9.35. The van der Waals surface area contributed by atoms with Crippen molar-refractivity contribution in [1.82, 2.24) is 10.2 Å². The summed E-state index contributed by atoms with van der Waals surface area (Å²) in [5.74, 6) is -2.05. The van der Waals surface area contributed by atoms with Crippen LogP contribution in [0.5, 0.6) is 0 Å². The number of nitrogens with one attached hydrogen (secondary N) is 1. The molecule has 1 N–H and O–H groups in total. The Morgan fingerprint density at radius 2 is 1.43 bits per heavy atom. The lowest BCUT2D eigenvalue weighted by molar-refractivity contribution is -0.140. The van der Waals surface area contributed by atoms with E-state index in [1.807, 2.05) is 0 Å². The van der Waals surface area contributed by atoms with Gasteiger partial charge in [0.25, 0.3) is 10.0 Å². The Morgan fingerprint density at radius 1 is 0.865 bits per heavy atom. The van der Waals surface area contributed by atoms with E-state index in [-0.39, 0.29) is 29.5 Å². The summed E-state index contributed by atoms with van der Waals surface area (Å²) in [5, 5.41) is 2.71. The van der Waals surface area contributed by atoms with E-state index in [0.29, 0.717) is 12.1 Å². The number of anilines is 1. The van der Waals surface area contributed by atoms with Crippen molar-refractivity contribution in [1.29, 1.82) is 0 Å². The largest absolute Gasteiger partial charge is 0.355 e. The molecule has 1 atom stereocenters. The van der Waals surface area contributed by atoms with Crippen molar-refractivity contribution in [3.05, 3.63) is 96.1 Å². The van der Waals surface area contributed by atoms with Crippen LogP contribution in [0.1, 0.15) is 25.8 Å². The zero-order valence-corrected chi connectivity index (χ0v) is 21.4. The zero-order chi connectivity index (χ0) is 27.0. The lowest BCUT2D eigenvalue weighted by Gasteiger charge is -2.33. The Bertz CT molecular complexity index is 1300. The van der Waals surface area contributed by atoms with Gasteiger partial charge in [0.2, 0.25) is 11.8 Å². The molecule has 0 heterocycles. The second-order valence-electron chi connectivity index (χ2n) is 8.27. The van der Waals surface area contributed by atoms with E-state index in [4.69, 9.17) is 0 Å². The summed E-state index contributed by atoms with van der Waals surface area (Å²) >= 11 is 0. The highest BCUT2D eigenvalue weighted by atomic mass is 32.2. The van der Waals surface area contributed by atoms with Gasteiger partial charge in [0, 0.05) is 13.1 Å². The first-order chi connectivity index (χ1) is 17.7. The molecule has 0 radical (unpaired) electrons. The number of likely N-dealkylation sites (N-methyl/N-ethyl adjacent to an activating group) is 1. The maximum Gasteiger partial charge on any atom is 0.264 e. The van der Waals surface area contributed by atoms with Gasteiger partial charge < -0.3 is 10.2 Å². The summed E-state index contributed by atoms with van der Waals surface area (Å²) in [6.07, 6.45) is 0.273. The maximum absolute atomic E-state index is 13.7. The highest BCUT2D eigenvalue weighted by molar-refractivity contribution is 7.92. The molecule has 3 rings (SSSR count). The second kappa shape index (κ2) is 12.4. The Labute approximate surface area is 215 Å². The van der Waals surface area contributed by atoms with Crippen LogP contribution in [0.15, 0.2) is 83.8 Å². The van der Waals surface area contributed by atoms with Crippen LogP contribution in [0.2, 0.25) is 0 Å². The fourth-order valence-electron chi connectivity index (χ4n) is 3.85. The van der Waals surface area contributed by atoms with Gasteiger partial charge in [-0.15, -0.1) is 0 Å². The van der Waals surface area contributed by atoms with E-state index in [1.165, 1.54) is 29.2 Å². The minimum Gasteiger partial charge on any atom is -0.355 e. The van der Waals surface area contributed by atoms with E-state index < -0.39 is 40.2 Å². The Hall–Kier alpha value is -3.79. The number of rotatable bonds is 11. The van der Waals surface area contributed by atoms with Crippen molar-refractivity contribution in [3.63, 3.8) is 0 Å². The fourth-order valence-corrected chi connectivity index (χ4v) is 5.27. The first kappa shape index (κ1) is 27.8. The van der Waals surface area contributed by atoms with E-state index in [2.05, 4.69) is 5.32 Å². The molecule has 3 aromatic rings. The predicted molar refractivity (Wildman–Crippen MR) is 137 cm³/mol. The van der Waals surface area contributed by atoms with Gasteiger partial charge in [0.1, 0.15) is 24.2 Å². The first-order valence-electron chi connectivity index (χ1n) is 11.8. The second-order valence-corrected chi connectivity index (χ2v) is 10.1. The van der Waals surface area contributed by atoms with E-state index in [9.17, 15) is 26.8 Å². The Morgan fingerprint density at radius 3 is 1.97 bits per heavy atom. The van der Waals surface area contributed by atoms with Crippen LogP contribution in [0.25, 0.3) is 0 Å². The number of sulfonamides is 1. The molecule has 3 aromatic carbocycles. The molecule has 0 saturated heterocycles. The van der Waals surface area contributed by atoms with Gasteiger partial charge in [-0.2, -0.15) is 0 Å². The molecule has 7 nitrogen and oxygen atoms in total. The van der Waals surface area contributed by atoms with Gasteiger partial charge in [-0.25, -0.2) is 17.2 Å². The number of nitrogens with zero attached hydrogens (tertiary/aromatic N) is 2. The van der Waals surface area contributed by atoms with Crippen LogP contribution in [-0.4, -0.2) is 44.3 Å². The summed E-state index contributed by atoms with van der Waals surface area (Å²) in [6.45, 7) is 3.20. The topological polar surface area (TPSA) is 86.8 Å². The molecule has 37 heavy (non-hydrogen) atoms. The third kappa shape index (κ3) is 6.91. The summed E-state index contributed by atoms with van der Waals surface area (Å²) in [5.41, 5.74) is 0.804. The molecular weight excluding hydrogens is 500 g/mol. The quantitative estimate of drug-likeness (QED) is 0.405. The SMILES string of the molecule is CCNC(=O)[C@H](CC)N(Cc1ccc(F)cc1)C(=O)CN(c1ccccc1)S(=O)(=O)c1ccc(F)cc1. The number of carbonyl (C=O) groups is 2. The number of para-hydroxylation sites is 1. The first-order valence-corrected chi connectivity index (χ1v) is 13.3. The molecule has 0 aliphatic carbocycles. The van der Waals surface area contributed by atoms with E-state index in [0.717, 1.165) is 28.6 Å². The number of hydrogen-bond acceptors (Lipinski definition) is 4. The number of amides is 2. The Balaban J connectivity index is 2.02. The molecule has 0 bridgehead atoms. The van der Waals surface area contributed by atoms with Crippen LogP contribution < -0.4 is 9.62 Å². The number of carbonyl (C=O) groups excluding carboxylic acids is 2. The third-order valence-electron chi connectivity index (χ3n) is 5.73. The fraction of sp³-hybridized carbons (Fsp3) is 0.259. The van der Waals surface area contributed by atoms with Crippen molar-refractivity contribution in [2.45, 2.75) is 37.8 Å². The smallest absolute Gasteiger partial charge is 0.264 e. The van der Waals surface area contributed by atoms with Crippen molar-refractivity contribution in [3.8, 4) is 0 Å². The third-order valence-corrected chi connectivity index (χ3v) is 7.52. The normalized spacial score (nSPS) is 12.0. The van der Waals surface area contributed by atoms with Crippen molar-refractivity contribution >= 4 is 27.5 Å².